The number of methoxy groups -OCH3 is 1. The fourth-order valence-corrected chi connectivity index (χ4v) is 5.71. The molecule has 0 spiro atoms. The number of halogens is 3. The Kier molecular flexibility index (Phi) is 5.76. The topological polar surface area (TPSA) is 51.5 Å². The number of benzene rings is 2. The molecule has 3 aromatic rings. The lowest BCUT2D eigenvalue weighted by Crippen LogP contribution is -2.29. The minimum atomic E-state index is -4.08. The first-order chi connectivity index (χ1) is 14.3. The zero-order valence-corrected chi connectivity index (χ0v) is 18.7. The Morgan fingerprint density at radius 1 is 1.07 bits per heavy atom. The molecular weight excluding hydrogens is 478 g/mol. The lowest BCUT2D eigenvalue weighted by Gasteiger charge is -2.30. The van der Waals surface area contributed by atoms with Gasteiger partial charge < -0.3 is 9.64 Å². The van der Waals surface area contributed by atoms with E-state index in [1.54, 1.807) is 12.1 Å². The van der Waals surface area contributed by atoms with Crippen LogP contribution in [-0.4, -0.2) is 32.6 Å². The van der Waals surface area contributed by atoms with Crippen LogP contribution in [0.2, 0.25) is 0 Å². The molecule has 1 saturated heterocycles. The van der Waals surface area contributed by atoms with Crippen LogP contribution >= 0.6 is 15.9 Å². The molecule has 0 saturated carbocycles. The number of hydrogen-bond acceptors (Lipinski definition) is 4. The van der Waals surface area contributed by atoms with Crippen LogP contribution in [0.15, 0.2) is 52.0 Å². The van der Waals surface area contributed by atoms with E-state index >= 15 is 0 Å². The zero-order valence-electron chi connectivity index (χ0n) is 16.3. The molecule has 30 heavy (non-hydrogen) atoms. The highest BCUT2D eigenvalue weighted by atomic mass is 79.9. The van der Waals surface area contributed by atoms with E-state index in [0.717, 1.165) is 42.5 Å². The minimum absolute atomic E-state index is 0.000476. The van der Waals surface area contributed by atoms with Crippen LogP contribution in [0.4, 0.5) is 14.5 Å². The number of piperidine rings is 1. The van der Waals surface area contributed by atoms with Crippen LogP contribution in [0.25, 0.3) is 10.9 Å². The van der Waals surface area contributed by atoms with Gasteiger partial charge in [0.1, 0.15) is 5.75 Å². The van der Waals surface area contributed by atoms with E-state index in [1.165, 1.54) is 31.4 Å². The third-order valence-electron chi connectivity index (χ3n) is 5.39. The lowest BCUT2D eigenvalue weighted by atomic mass is 10.1. The molecule has 5 nitrogen and oxygen atoms in total. The number of nitrogens with zero attached hydrogens (tertiary/aromatic N) is 2. The number of hydrogen-bond donors (Lipinski definition) is 0. The SMILES string of the molecule is COc1ccc(S(=O)(=O)n2cc(C(F)F)c3c(N4CCCCC4)cc(Br)cc32)cc1. The molecule has 0 radical (unpaired) electrons. The lowest BCUT2D eigenvalue weighted by molar-refractivity contribution is 0.153. The van der Waals surface area contributed by atoms with Crippen LogP contribution in [0.3, 0.4) is 0 Å². The van der Waals surface area contributed by atoms with Gasteiger partial charge in [-0.1, -0.05) is 15.9 Å². The summed E-state index contributed by atoms with van der Waals surface area (Å²) in [5.41, 5.74) is 0.587. The molecule has 1 fully saturated rings. The molecule has 0 unspecified atom stereocenters. The molecule has 2 heterocycles. The molecule has 9 heteroatoms. The Labute approximate surface area is 182 Å². The highest BCUT2D eigenvalue weighted by molar-refractivity contribution is 9.10. The first-order valence-electron chi connectivity index (χ1n) is 9.60. The number of alkyl halides is 2. The van der Waals surface area contributed by atoms with Gasteiger partial charge in [-0.25, -0.2) is 21.2 Å². The maximum absolute atomic E-state index is 14.0. The summed E-state index contributed by atoms with van der Waals surface area (Å²) in [6.45, 7) is 1.51. The first-order valence-corrected chi connectivity index (χ1v) is 11.8. The average Bonchev–Trinajstić information content (AvgIpc) is 3.14. The van der Waals surface area contributed by atoms with Crippen LogP contribution in [0.1, 0.15) is 31.3 Å². The third-order valence-corrected chi connectivity index (χ3v) is 7.54. The molecule has 4 rings (SSSR count). The van der Waals surface area contributed by atoms with Gasteiger partial charge >= 0.3 is 0 Å². The quantitative estimate of drug-likeness (QED) is 0.460. The molecule has 1 aromatic heterocycles. The van der Waals surface area contributed by atoms with E-state index in [-0.39, 0.29) is 21.4 Å². The van der Waals surface area contributed by atoms with Crippen molar-refractivity contribution in [3.8, 4) is 5.75 Å². The Bertz CT molecular complexity index is 1170. The fraction of sp³-hybridized carbons (Fsp3) is 0.333. The van der Waals surface area contributed by atoms with Gasteiger partial charge in [0, 0.05) is 40.4 Å². The van der Waals surface area contributed by atoms with Crippen LogP contribution < -0.4 is 9.64 Å². The van der Waals surface area contributed by atoms with Crippen LogP contribution in [0.5, 0.6) is 5.75 Å². The summed E-state index contributed by atoms with van der Waals surface area (Å²) in [5.74, 6) is 0.509. The average molecular weight is 499 g/mol. The summed E-state index contributed by atoms with van der Waals surface area (Å²) in [5, 5.41) is 0.284. The number of rotatable bonds is 5. The molecule has 2 aromatic carbocycles. The van der Waals surface area contributed by atoms with Crippen molar-refractivity contribution in [1.82, 2.24) is 3.97 Å². The summed E-state index contributed by atoms with van der Waals surface area (Å²) in [7, 11) is -2.60. The molecule has 0 atom stereocenters. The number of aromatic nitrogens is 1. The summed E-state index contributed by atoms with van der Waals surface area (Å²) in [6.07, 6.45) is 1.30. The second-order valence-corrected chi connectivity index (χ2v) is 9.96. The van der Waals surface area contributed by atoms with Crippen molar-refractivity contribution in [3.63, 3.8) is 0 Å². The molecule has 1 aliphatic rings. The van der Waals surface area contributed by atoms with E-state index in [9.17, 15) is 17.2 Å². The summed E-state index contributed by atoms with van der Waals surface area (Å²) < 4.78 is 61.3. The minimum Gasteiger partial charge on any atom is -0.497 e. The van der Waals surface area contributed by atoms with Gasteiger partial charge in [-0.3, -0.25) is 0 Å². The Hall–Kier alpha value is -2.13. The van der Waals surface area contributed by atoms with Crippen molar-refractivity contribution in [2.45, 2.75) is 30.6 Å². The van der Waals surface area contributed by atoms with Crippen molar-refractivity contribution in [3.05, 3.63) is 52.6 Å². The van der Waals surface area contributed by atoms with Crippen molar-refractivity contribution in [2.24, 2.45) is 0 Å². The summed E-state index contributed by atoms with van der Waals surface area (Å²) >= 11 is 3.43. The predicted molar refractivity (Wildman–Crippen MR) is 116 cm³/mol. The molecule has 0 bridgehead atoms. The highest BCUT2D eigenvalue weighted by Gasteiger charge is 2.28. The summed E-state index contributed by atoms with van der Waals surface area (Å²) in [4.78, 5) is 2.06. The third kappa shape index (κ3) is 3.69. The van der Waals surface area contributed by atoms with Gasteiger partial charge in [-0.2, -0.15) is 0 Å². The molecule has 160 valence electrons. The summed E-state index contributed by atoms with van der Waals surface area (Å²) in [6, 6.07) is 9.25. The van der Waals surface area contributed by atoms with E-state index < -0.39 is 16.4 Å². The number of anilines is 1. The highest BCUT2D eigenvalue weighted by Crippen LogP contribution is 2.41. The fourth-order valence-electron chi connectivity index (χ4n) is 3.92. The molecule has 1 aliphatic heterocycles. The maximum Gasteiger partial charge on any atom is 0.268 e. The van der Waals surface area contributed by atoms with Crippen molar-refractivity contribution in [2.75, 3.05) is 25.1 Å². The standard InChI is InChI=1S/C21H21BrF2N2O3S/c1-29-15-5-7-16(8-6-15)30(27,28)26-13-17(21(23)24)20-18(11-14(22)12-19(20)26)25-9-3-2-4-10-25/h5-8,11-13,21H,2-4,9-10H2,1H3. The van der Waals surface area contributed by atoms with Crippen molar-refractivity contribution < 1.29 is 21.9 Å². The van der Waals surface area contributed by atoms with E-state index in [0.29, 0.717) is 15.9 Å². The maximum atomic E-state index is 14.0. The van der Waals surface area contributed by atoms with Gasteiger partial charge in [-0.15, -0.1) is 0 Å². The normalized spacial score (nSPS) is 15.2. The smallest absolute Gasteiger partial charge is 0.268 e. The zero-order chi connectivity index (χ0) is 21.5. The molecule has 0 aliphatic carbocycles. The Balaban J connectivity index is 1.95. The monoisotopic (exact) mass is 498 g/mol. The Morgan fingerprint density at radius 3 is 2.33 bits per heavy atom. The van der Waals surface area contributed by atoms with Gasteiger partial charge in [-0.05, 0) is 55.7 Å². The Morgan fingerprint density at radius 2 is 1.73 bits per heavy atom. The van der Waals surface area contributed by atoms with Gasteiger partial charge in [0.2, 0.25) is 0 Å². The van der Waals surface area contributed by atoms with Crippen LogP contribution in [0, 0.1) is 0 Å². The first kappa shape index (κ1) is 21.1. The predicted octanol–water partition coefficient (Wildman–Crippen LogP) is 5.58. The molecule has 0 N–H and O–H groups in total. The largest absolute Gasteiger partial charge is 0.497 e. The van der Waals surface area contributed by atoms with E-state index in [1.807, 2.05) is 0 Å². The molecule has 0 amide bonds. The van der Waals surface area contributed by atoms with Gasteiger partial charge in [0.05, 0.1) is 17.5 Å². The second-order valence-electron chi connectivity index (χ2n) is 7.23. The number of fused-ring (bicyclic) bond motifs is 1. The van der Waals surface area contributed by atoms with Crippen LogP contribution in [-0.2, 0) is 10.0 Å². The second kappa shape index (κ2) is 8.19. The van der Waals surface area contributed by atoms with E-state index in [2.05, 4.69) is 20.8 Å². The molecular formula is C21H21BrF2N2O3S. The van der Waals surface area contributed by atoms with Crippen molar-refractivity contribution in [1.29, 1.82) is 0 Å². The number of ether oxygens (including phenoxy) is 1. The van der Waals surface area contributed by atoms with Crippen molar-refractivity contribution >= 4 is 42.5 Å². The van der Waals surface area contributed by atoms with E-state index in [4.69, 9.17) is 4.74 Å². The van der Waals surface area contributed by atoms with Gasteiger partial charge in [0.25, 0.3) is 16.4 Å². The van der Waals surface area contributed by atoms with Gasteiger partial charge in [0.15, 0.2) is 0 Å².